The molecule has 0 N–H and O–H groups in total. The molecule has 2 heteroatoms. The van der Waals surface area contributed by atoms with Crippen LogP contribution in [0, 0.1) is 6.92 Å². The Hall–Kier alpha value is -0.790. The Balaban J connectivity index is 1.92. The van der Waals surface area contributed by atoms with Gasteiger partial charge in [0.25, 0.3) is 0 Å². The van der Waals surface area contributed by atoms with Gasteiger partial charge in [0.15, 0.2) is 0 Å². The standard InChI is InChI=1S/C16H17ClS/c1-11-6-9-15(18-11)16(17)14-8-7-12-4-2-3-5-13(12)10-14/h6-10,16H,2-5H2,1H3. The fraction of sp³-hybridized carbons (Fsp3) is 0.375. The number of benzene rings is 1. The van der Waals surface area contributed by atoms with Crippen LogP contribution >= 0.6 is 22.9 Å². The maximum absolute atomic E-state index is 6.60. The first kappa shape index (κ1) is 12.3. The van der Waals surface area contributed by atoms with Gasteiger partial charge < -0.3 is 0 Å². The zero-order valence-electron chi connectivity index (χ0n) is 10.6. The molecule has 0 saturated heterocycles. The highest BCUT2D eigenvalue weighted by Crippen LogP contribution is 2.35. The number of alkyl halides is 1. The van der Waals surface area contributed by atoms with Crippen molar-refractivity contribution in [3.05, 3.63) is 56.8 Å². The Morgan fingerprint density at radius 3 is 2.56 bits per heavy atom. The summed E-state index contributed by atoms with van der Waals surface area (Å²) >= 11 is 8.39. The van der Waals surface area contributed by atoms with Crippen molar-refractivity contribution in [3.8, 4) is 0 Å². The summed E-state index contributed by atoms with van der Waals surface area (Å²) < 4.78 is 0. The van der Waals surface area contributed by atoms with Gasteiger partial charge in [-0.2, -0.15) is 0 Å². The van der Waals surface area contributed by atoms with Gasteiger partial charge in [-0.1, -0.05) is 18.2 Å². The molecule has 0 radical (unpaired) electrons. The lowest BCUT2D eigenvalue weighted by molar-refractivity contribution is 0.684. The number of hydrogen-bond acceptors (Lipinski definition) is 1. The quantitative estimate of drug-likeness (QED) is 0.656. The van der Waals surface area contributed by atoms with Crippen LogP contribution in [-0.4, -0.2) is 0 Å². The summed E-state index contributed by atoms with van der Waals surface area (Å²) in [7, 11) is 0. The monoisotopic (exact) mass is 276 g/mol. The van der Waals surface area contributed by atoms with E-state index in [2.05, 4.69) is 37.3 Å². The van der Waals surface area contributed by atoms with Crippen LogP contribution in [0.15, 0.2) is 30.3 Å². The normalized spacial score (nSPS) is 16.3. The zero-order chi connectivity index (χ0) is 12.5. The van der Waals surface area contributed by atoms with Gasteiger partial charge in [0.1, 0.15) is 0 Å². The van der Waals surface area contributed by atoms with Crippen molar-refractivity contribution in [3.63, 3.8) is 0 Å². The molecule has 0 saturated carbocycles. The Morgan fingerprint density at radius 2 is 1.83 bits per heavy atom. The SMILES string of the molecule is Cc1ccc(C(Cl)c2ccc3c(c2)CCCC3)s1. The summed E-state index contributed by atoms with van der Waals surface area (Å²) in [5.41, 5.74) is 4.29. The lowest BCUT2D eigenvalue weighted by Crippen LogP contribution is -2.03. The van der Waals surface area contributed by atoms with E-state index in [0.29, 0.717) is 0 Å². The third-order valence-electron chi connectivity index (χ3n) is 3.68. The highest BCUT2D eigenvalue weighted by atomic mass is 35.5. The van der Waals surface area contributed by atoms with E-state index < -0.39 is 0 Å². The Kier molecular flexibility index (Phi) is 3.45. The average molecular weight is 277 g/mol. The van der Waals surface area contributed by atoms with E-state index in [1.165, 1.54) is 52.1 Å². The summed E-state index contributed by atoms with van der Waals surface area (Å²) in [6.45, 7) is 2.13. The van der Waals surface area contributed by atoms with Crippen LogP contribution in [0.4, 0.5) is 0 Å². The van der Waals surface area contributed by atoms with E-state index in [1.807, 2.05) is 0 Å². The molecule has 1 atom stereocenters. The number of fused-ring (bicyclic) bond motifs is 1. The van der Waals surface area contributed by atoms with Gasteiger partial charge in [0.2, 0.25) is 0 Å². The molecule has 1 aliphatic carbocycles. The lowest BCUT2D eigenvalue weighted by atomic mass is 9.90. The number of rotatable bonds is 2. The molecule has 94 valence electrons. The molecule has 1 heterocycles. The molecular weight excluding hydrogens is 260 g/mol. The molecule has 18 heavy (non-hydrogen) atoms. The Labute approximate surface area is 118 Å². The molecule has 1 unspecified atom stereocenters. The first-order valence-corrected chi connectivity index (χ1v) is 7.81. The van der Waals surface area contributed by atoms with Gasteiger partial charge in [-0.3, -0.25) is 0 Å². The van der Waals surface area contributed by atoms with Crippen LogP contribution < -0.4 is 0 Å². The highest BCUT2D eigenvalue weighted by Gasteiger charge is 2.16. The van der Waals surface area contributed by atoms with Crippen LogP contribution in [0.2, 0.25) is 0 Å². The summed E-state index contributed by atoms with van der Waals surface area (Å²) in [5, 5.41) is 0.0101. The molecule has 0 amide bonds. The summed E-state index contributed by atoms with van der Waals surface area (Å²) in [5.74, 6) is 0. The third kappa shape index (κ3) is 2.34. The van der Waals surface area contributed by atoms with E-state index in [9.17, 15) is 0 Å². The zero-order valence-corrected chi connectivity index (χ0v) is 12.2. The second-order valence-electron chi connectivity index (χ2n) is 5.05. The Morgan fingerprint density at radius 1 is 1.06 bits per heavy atom. The predicted octanol–water partition coefficient (Wildman–Crippen LogP) is 5.26. The first-order valence-electron chi connectivity index (χ1n) is 6.56. The van der Waals surface area contributed by atoms with Gasteiger partial charge in [-0.15, -0.1) is 22.9 Å². The predicted molar refractivity (Wildman–Crippen MR) is 79.8 cm³/mol. The van der Waals surface area contributed by atoms with Gasteiger partial charge in [-0.05, 0) is 61.4 Å². The van der Waals surface area contributed by atoms with Crippen molar-refractivity contribution in [2.24, 2.45) is 0 Å². The van der Waals surface area contributed by atoms with Gasteiger partial charge in [0.05, 0.1) is 5.38 Å². The highest BCUT2D eigenvalue weighted by molar-refractivity contribution is 7.12. The number of hydrogen-bond donors (Lipinski definition) is 0. The maximum atomic E-state index is 6.60. The molecule has 3 rings (SSSR count). The van der Waals surface area contributed by atoms with Gasteiger partial charge in [0, 0.05) is 9.75 Å². The number of halogens is 1. The number of aryl methyl sites for hydroxylation is 3. The topological polar surface area (TPSA) is 0 Å². The molecule has 0 aliphatic heterocycles. The fourth-order valence-electron chi connectivity index (χ4n) is 2.66. The molecular formula is C16H17ClS. The molecule has 2 aromatic rings. The Bertz CT molecular complexity index is 556. The smallest absolute Gasteiger partial charge is 0.0927 e. The van der Waals surface area contributed by atoms with Crippen molar-refractivity contribution >= 4 is 22.9 Å². The maximum Gasteiger partial charge on any atom is 0.0927 e. The fourth-order valence-corrected chi connectivity index (χ4v) is 3.89. The molecule has 0 nitrogen and oxygen atoms in total. The molecule has 1 aliphatic rings. The largest absolute Gasteiger partial charge is 0.144 e. The second-order valence-corrected chi connectivity index (χ2v) is 6.80. The van der Waals surface area contributed by atoms with Crippen molar-refractivity contribution in [2.45, 2.75) is 38.0 Å². The van der Waals surface area contributed by atoms with E-state index in [1.54, 1.807) is 11.3 Å². The molecule has 1 aromatic carbocycles. The van der Waals surface area contributed by atoms with Crippen molar-refractivity contribution < 1.29 is 0 Å². The molecule has 0 spiro atoms. The van der Waals surface area contributed by atoms with Crippen molar-refractivity contribution in [1.29, 1.82) is 0 Å². The van der Waals surface area contributed by atoms with Crippen LogP contribution in [0.25, 0.3) is 0 Å². The third-order valence-corrected chi connectivity index (χ3v) is 5.36. The van der Waals surface area contributed by atoms with E-state index in [4.69, 9.17) is 11.6 Å². The van der Waals surface area contributed by atoms with Crippen LogP contribution in [-0.2, 0) is 12.8 Å². The van der Waals surface area contributed by atoms with E-state index >= 15 is 0 Å². The second kappa shape index (κ2) is 5.07. The van der Waals surface area contributed by atoms with Gasteiger partial charge >= 0.3 is 0 Å². The summed E-state index contributed by atoms with van der Waals surface area (Å²) in [6, 6.07) is 11.1. The van der Waals surface area contributed by atoms with E-state index in [0.717, 1.165) is 0 Å². The molecule has 1 aromatic heterocycles. The summed E-state index contributed by atoms with van der Waals surface area (Å²) in [4.78, 5) is 2.58. The van der Waals surface area contributed by atoms with Crippen molar-refractivity contribution in [2.75, 3.05) is 0 Å². The van der Waals surface area contributed by atoms with Gasteiger partial charge in [-0.25, -0.2) is 0 Å². The minimum absolute atomic E-state index is 0.0101. The number of thiophene rings is 1. The van der Waals surface area contributed by atoms with Crippen LogP contribution in [0.3, 0.4) is 0 Å². The minimum Gasteiger partial charge on any atom is -0.144 e. The van der Waals surface area contributed by atoms with E-state index in [-0.39, 0.29) is 5.38 Å². The average Bonchev–Trinajstić information content (AvgIpc) is 2.84. The molecule has 0 bridgehead atoms. The first-order chi connectivity index (χ1) is 8.74. The van der Waals surface area contributed by atoms with Crippen molar-refractivity contribution in [1.82, 2.24) is 0 Å². The lowest BCUT2D eigenvalue weighted by Gasteiger charge is -2.18. The minimum atomic E-state index is 0.0101. The molecule has 0 fully saturated rings. The van der Waals surface area contributed by atoms with Crippen LogP contribution in [0.5, 0.6) is 0 Å². The van der Waals surface area contributed by atoms with Crippen LogP contribution in [0.1, 0.15) is 44.7 Å². The summed E-state index contributed by atoms with van der Waals surface area (Å²) in [6.07, 6.45) is 5.11.